The van der Waals surface area contributed by atoms with Crippen molar-refractivity contribution in [3.05, 3.63) is 71.3 Å². The summed E-state index contributed by atoms with van der Waals surface area (Å²) in [4.78, 5) is 2.26. The molecule has 0 radical (unpaired) electrons. The van der Waals surface area contributed by atoms with Gasteiger partial charge in [-0.05, 0) is 49.9 Å². The van der Waals surface area contributed by atoms with Crippen molar-refractivity contribution in [3.8, 4) is 5.75 Å². The van der Waals surface area contributed by atoms with Crippen LogP contribution in [0.3, 0.4) is 0 Å². The first-order chi connectivity index (χ1) is 12.9. The molecule has 0 aliphatic rings. The van der Waals surface area contributed by atoms with E-state index in [1.165, 1.54) is 5.56 Å². The van der Waals surface area contributed by atoms with Crippen molar-refractivity contribution in [2.45, 2.75) is 34.6 Å². The number of rotatable bonds is 2. The van der Waals surface area contributed by atoms with E-state index < -0.39 is 0 Å². The summed E-state index contributed by atoms with van der Waals surface area (Å²) in [5, 5.41) is 21.1. The molecule has 0 aliphatic heterocycles. The van der Waals surface area contributed by atoms with Gasteiger partial charge < -0.3 is 5.11 Å². The number of fused-ring (bicyclic) bond motifs is 1. The molecule has 2 N–H and O–H groups in total. The van der Waals surface area contributed by atoms with Crippen LogP contribution in [0.15, 0.2) is 54.6 Å². The summed E-state index contributed by atoms with van der Waals surface area (Å²) < 4.78 is 0. The fourth-order valence-corrected chi connectivity index (χ4v) is 3.18. The highest BCUT2D eigenvalue weighted by atomic mass is 32.1. The van der Waals surface area contributed by atoms with Gasteiger partial charge in [0.1, 0.15) is 11.6 Å². The predicted molar refractivity (Wildman–Crippen MR) is 120 cm³/mol. The Kier molecular flexibility index (Phi) is 6.70. The molecule has 3 aromatic rings. The Bertz CT molecular complexity index is 995. The second kappa shape index (κ2) is 8.78. The van der Waals surface area contributed by atoms with Gasteiger partial charge >= 0.3 is 0 Å². The fourth-order valence-electron chi connectivity index (χ4n) is 2.99. The molecule has 3 aromatic carbocycles. The van der Waals surface area contributed by atoms with Gasteiger partial charge in [0.15, 0.2) is 0 Å². The zero-order valence-corrected chi connectivity index (χ0v) is 17.3. The van der Waals surface area contributed by atoms with E-state index in [0.29, 0.717) is 10.6 Å². The molecular weight excluding hydrogens is 352 g/mol. The van der Waals surface area contributed by atoms with Gasteiger partial charge in [-0.25, -0.2) is 0 Å². The van der Waals surface area contributed by atoms with Crippen LogP contribution in [0.2, 0.25) is 0 Å². The van der Waals surface area contributed by atoms with Crippen LogP contribution in [0.25, 0.3) is 10.8 Å². The topological polar surface area (TPSA) is 47.3 Å². The number of aromatic hydroxyl groups is 1. The average molecular weight is 379 g/mol. The van der Waals surface area contributed by atoms with Crippen LogP contribution in [0.5, 0.6) is 5.75 Å². The summed E-state index contributed by atoms with van der Waals surface area (Å²) in [5.74, 6) is 0.250. The summed E-state index contributed by atoms with van der Waals surface area (Å²) in [6, 6.07) is 17.5. The van der Waals surface area contributed by atoms with Gasteiger partial charge in [0.2, 0.25) is 0 Å². The minimum Gasteiger partial charge on any atom is -0.507 e. The lowest BCUT2D eigenvalue weighted by Crippen LogP contribution is -2.34. The van der Waals surface area contributed by atoms with Crippen LogP contribution in [-0.4, -0.2) is 15.9 Å². The van der Waals surface area contributed by atoms with E-state index in [1.54, 1.807) is 24.0 Å². The standard InChI is InChI=1S/C21H20N2OS.C2H6/c1-13-7-9-17-16(11-13)5-4-6-19(17)23(15(3)25)21(22)18-10-8-14(2)12-20(18)24;1-2/h4-12,22,24H,1-3H3;1-2H3. The number of phenols is 1. The summed E-state index contributed by atoms with van der Waals surface area (Å²) in [5.41, 5.74) is 3.43. The van der Waals surface area contributed by atoms with Gasteiger partial charge in [0.05, 0.1) is 16.2 Å². The molecule has 0 bridgehead atoms. The fraction of sp³-hybridized carbons (Fsp3) is 0.217. The molecule has 3 rings (SSSR count). The number of amidine groups is 1. The smallest absolute Gasteiger partial charge is 0.141 e. The number of anilines is 1. The van der Waals surface area contributed by atoms with Gasteiger partial charge in [-0.1, -0.05) is 68.0 Å². The Labute approximate surface area is 166 Å². The molecule has 27 heavy (non-hydrogen) atoms. The summed E-state index contributed by atoms with van der Waals surface area (Å²) in [6.45, 7) is 9.76. The minimum absolute atomic E-state index is 0.0855. The largest absolute Gasteiger partial charge is 0.507 e. The molecule has 3 nitrogen and oxygen atoms in total. The van der Waals surface area contributed by atoms with Crippen LogP contribution >= 0.6 is 12.2 Å². The van der Waals surface area contributed by atoms with E-state index in [2.05, 4.69) is 25.1 Å². The first kappa shape index (κ1) is 20.6. The molecule has 0 saturated carbocycles. The van der Waals surface area contributed by atoms with Crippen molar-refractivity contribution >= 4 is 39.5 Å². The predicted octanol–water partition coefficient (Wildman–Crippen LogP) is 6.37. The third kappa shape index (κ3) is 4.34. The third-order valence-corrected chi connectivity index (χ3v) is 4.38. The molecule has 0 aromatic heterocycles. The van der Waals surface area contributed by atoms with Crippen molar-refractivity contribution in [1.82, 2.24) is 0 Å². The Morgan fingerprint density at radius 3 is 2.22 bits per heavy atom. The number of nitrogens with zero attached hydrogens (tertiary/aromatic N) is 1. The van der Waals surface area contributed by atoms with Crippen LogP contribution in [0, 0.1) is 19.3 Å². The molecule has 0 heterocycles. The number of thiocarbonyl (C=S) groups is 1. The number of nitrogens with one attached hydrogen (secondary N) is 1. The lowest BCUT2D eigenvalue weighted by atomic mass is 10.0. The average Bonchev–Trinajstić information content (AvgIpc) is 2.63. The molecule has 0 aliphatic carbocycles. The van der Waals surface area contributed by atoms with Gasteiger partial charge in [0, 0.05) is 5.39 Å². The zero-order valence-electron chi connectivity index (χ0n) is 16.5. The molecule has 4 heteroatoms. The van der Waals surface area contributed by atoms with Crippen molar-refractivity contribution in [2.75, 3.05) is 4.90 Å². The zero-order chi connectivity index (χ0) is 20.1. The summed E-state index contributed by atoms with van der Waals surface area (Å²) >= 11 is 5.44. The highest BCUT2D eigenvalue weighted by Crippen LogP contribution is 2.31. The van der Waals surface area contributed by atoms with Gasteiger partial charge in [0.25, 0.3) is 0 Å². The monoisotopic (exact) mass is 378 g/mol. The quantitative estimate of drug-likeness (QED) is 0.309. The Balaban J connectivity index is 0.00000126. The molecule has 0 fully saturated rings. The normalized spacial score (nSPS) is 10.1. The van der Waals surface area contributed by atoms with Gasteiger partial charge in [-0.15, -0.1) is 0 Å². The van der Waals surface area contributed by atoms with E-state index in [1.807, 2.05) is 45.0 Å². The second-order valence-electron chi connectivity index (χ2n) is 6.23. The van der Waals surface area contributed by atoms with E-state index in [4.69, 9.17) is 17.6 Å². The number of benzene rings is 3. The maximum Gasteiger partial charge on any atom is 0.141 e. The molecule has 0 atom stereocenters. The molecule has 0 spiro atoms. The van der Waals surface area contributed by atoms with Crippen LogP contribution in [0.4, 0.5) is 5.69 Å². The highest BCUT2D eigenvalue weighted by Gasteiger charge is 2.20. The lowest BCUT2D eigenvalue weighted by Gasteiger charge is -2.26. The van der Waals surface area contributed by atoms with E-state index in [-0.39, 0.29) is 11.6 Å². The lowest BCUT2D eigenvalue weighted by molar-refractivity contribution is 0.473. The Morgan fingerprint density at radius 2 is 1.59 bits per heavy atom. The number of hydrogen-bond acceptors (Lipinski definition) is 3. The van der Waals surface area contributed by atoms with Crippen LogP contribution in [-0.2, 0) is 0 Å². The minimum atomic E-state index is 0.0855. The molecule has 140 valence electrons. The highest BCUT2D eigenvalue weighted by molar-refractivity contribution is 7.80. The van der Waals surface area contributed by atoms with Crippen molar-refractivity contribution in [2.24, 2.45) is 0 Å². The molecule has 0 unspecified atom stereocenters. The van der Waals surface area contributed by atoms with Crippen LogP contribution in [0.1, 0.15) is 37.5 Å². The van der Waals surface area contributed by atoms with Crippen molar-refractivity contribution in [1.29, 1.82) is 5.41 Å². The molecule has 0 amide bonds. The second-order valence-corrected chi connectivity index (χ2v) is 6.82. The maximum atomic E-state index is 10.3. The first-order valence-corrected chi connectivity index (χ1v) is 9.48. The third-order valence-electron chi connectivity index (χ3n) is 4.20. The van der Waals surface area contributed by atoms with E-state index in [0.717, 1.165) is 22.0 Å². The van der Waals surface area contributed by atoms with E-state index in [9.17, 15) is 5.11 Å². The molecule has 0 saturated heterocycles. The van der Waals surface area contributed by atoms with E-state index >= 15 is 0 Å². The summed E-state index contributed by atoms with van der Waals surface area (Å²) in [6.07, 6.45) is 0. The van der Waals surface area contributed by atoms with Gasteiger partial charge in [-0.3, -0.25) is 10.3 Å². The summed E-state index contributed by atoms with van der Waals surface area (Å²) in [7, 11) is 0. The van der Waals surface area contributed by atoms with Crippen molar-refractivity contribution in [3.63, 3.8) is 0 Å². The Morgan fingerprint density at radius 1 is 0.963 bits per heavy atom. The van der Waals surface area contributed by atoms with Gasteiger partial charge in [-0.2, -0.15) is 0 Å². The SMILES string of the molecule is CC.CC(=S)N(C(=N)c1ccc(C)cc1O)c1cccc2cc(C)ccc12. The molecular formula is C23H26N2OS. The number of hydrogen-bond donors (Lipinski definition) is 2. The van der Waals surface area contributed by atoms with Crippen LogP contribution < -0.4 is 4.90 Å². The Hall–Kier alpha value is -2.72. The maximum absolute atomic E-state index is 10.3. The van der Waals surface area contributed by atoms with Crippen molar-refractivity contribution < 1.29 is 5.11 Å². The first-order valence-electron chi connectivity index (χ1n) is 9.07. The number of aryl methyl sites for hydroxylation is 2. The number of phenolic OH excluding ortho intramolecular Hbond substituents is 1.